The first-order valence-electron chi connectivity index (χ1n) is 10.9. The molecule has 0 atom stereocenters. The van der Waals surface area contributed by atoms with Crippen molar-refractivity contribution in [3.8, 4) is 6.07 Å². The molecule has 4 rings (SSSR count). The summed E-state index contributed by atoms with van der Waals surface area (Å²) >= 11 is 0. The largest absolute Gasteiger partial charge is 0.363 e. The van der Waals surface area contributed by atoms with Crippen molar-refractivity contribution in [1.82, 2.24) is 0 Å². The normalized spacial score (nSPS) is 11.0. The van der Waals surface area contributed by atoms with E-state index in [0.29, 0.717) is 11.1 Å². The molecule has 0 bridgehead atoms. The number of non-ortho nitro benzene ring substituents is 1. The Bertz CT molecular complexity index is 1270. The number of hydrogen-bond acceptors (Lipinski definition) is 4. The molecule has 0 aliphatic heterocycles. The molecule has 0 N–H and O–H groups in total. The van der Waals surface area contributed by atoms with E-state index in [1.54, 1.807) is 18.2 Å². The monoisotopic (exact) mass is 445 g/mol. The van der Waals surface area contributed by atoms with Crippen LogP contribution in [0.5, 0.6) is 0 Å². The predicted molar refractivity (Wildman–Crippen MR) is 136 cm³/mol. The van der Waals surface area contributed by atoms with E-state index >= 15 is 0 Å². The van der Waals surface area contributed by atoms with Crippen LogP contribution in [0, 0.1) is 21.4 Å². The molecule has 0 saturated heterocycles. The van der Waals surface area contributed by atoms with E-state index in [9.17, 15) is 15.4 Å². The second kappa shape index (κ2) is 10.8. The minimum atomic E-state index is -0.449. The number of benzene rings is 4. The summed E-state index contributed by atoms with van der Waals surface area (Å²) in [4.78, 5) is 12.8. The zero-order valence-corrected chi connectivity index (χ0v) is 18.5. The predicted octanol–water partition coefficient (Wildman–Crippen LogP) is 6.87. The molecule has 0 saturated carbocycles. The van der Waals surface area contributed by atoms with Gasteiger partial charge in [0, 0.05) is 30.9 Å². The smallest absolute Gasteiger partial charge is 0.269 e. The van der Waals surface area contributed by atoms with Crippen LogP contribution in [0.1, 0.15) is 22.3 Å². The lowest BCUT2D eigenvalue weighted by Crippen LogP contribution is -2.22. The van der Waals surface area contributed by atoms with E-state index in [-0.39, 0.29) is 5.69 Å². The molecule has 0 amide bonds. The highest BCUT2D eigenvalue weighted by atomic mass is 16.6. The van der Waals surface area contributed by atoms with Crippen LogP contribution in [0.3, 0.4) is 0 Å². The van der Waals surface area contributed by atoms with Gasteiger partial charge in [0.1, 0.15) is 0 Å². The van der Waals surface area contributed by atoms with Crippen molar-refractivity contribution < 1.29 is 4.92 Å². The summed E-state index contributed by atoms with van der Waals surface area (Å²) in [5, 5.41) is 20.5. The van der Waals surface area contributed by atoms with Crippen LogP contribution in [0.25, 0.3) is 11.6 Å². The first-order chi connectivity index (χ1) is 16.6. The Balaban J connectivity index is 1.58. The molecule has 0 radical (unpaired) electrons. The number of anilines is 1. The SMILES string of the molecule is N#C/C(=C\c1ccc(N(Cc2ccccc2)Cc2ccccc2)cc1)c1ccc([N+](=O)[O-])cc1. The van der Waals surface area contributed by atoms with E-state index in [2.05, 4.69) is 47.4 Å². The minimum absolute atomic E-state index is 0.00214. The second-order valence-corrected chi connectivity index (χ2v) is 7.89. The molecule has 0 aliphatic rings. The maximum absolute atomic E-state index is 10.9. The van der Waals surface area contributed by atoms with Crippen LogP contribution in [-0.2, 0) is 13.1 Å². The van der Waals surface area contributed by atoms with Gasteiger partial charge in [-0.05, 0) is 52.6 Å². The third kappa shape index (κ3) is 5.76. The first kappa shape index (κ1) is 22.5. The average molecular weight is 446 g/mol. The van der Waals surface area contributed by atoms with Crippen LogP contribution in [0.15, 0.2) is 109 Å². The van der Waals surface area contributed by atoms with Crippen molar-refractivity contribution in [2.75, 3.05) is 4.90 Å². The van der Waals surface area contributed by atoms with Gasteiger partial charge in [-0.25, -0.2) is 0 Å². The van der Waals surface area contributed by atoms with Gasteiger partial charge in [-0.3, -0.25) is 10.1 Å². The number of allylic oxidation sites excluding steroid dienone is 1. The number of nitriles is 1. The Morgan fingerprint density at radius 2 is 1.32 bits per heavy atom. The molecule has 0 heterocycles. The van der Waals surface area contributed by atoms with Crippen LogP contribution in [-0.4, -0.2) is 4.92 Å². The van der Waals surface area contributed by atoms with E-state index in [1.807, 2.05) is 48.5 Å². The lowest BCUT2D eigenvalue weighted by Gasteiger charge is -2.25. The Kier molecular flexibility index (Phi) is 7.12. The molecular formula is C29H23N3O2. The fraction of sp³-hybridized carbons (Fsp3) is 0.0690. The summed E-state index contributed by atoms with van der Waals surface area (Å²) < 4.78 is 0. The van der Waals surface area contributed by atoms with Crippen molar-refractivity contribution >= 4 is 23.0 Å². The summed E-state index contributed by atoms with van der Waals surface area (Å²) in [5.41, 5.74) is 5.53. The van der Waals surface area contributed by atoms with Gasteiger partial charge in [0.2, 0.25) is 0 Å². The molecule has 4 aromatic rings. The Hall–Kier alpha value is -4.69. The van der Waals surface area contributed by atoms with Gasteiger partial charge >= 0.3 is 0 Å². The van der Waals surface area contributed by atoms with Crippen molar-refractivity contribution in [2.45, 2.75) is 13.1 Å². The zero-order chi connectivity index (χ0) is 23.8. The molecule has 0 fully saturated rings. The van der Waals surface area contributed by atoms with Gasteiger partial charge < -0.3 is 4.90 Å². The van der Waals surface area contributed by atoms with Crippen molar-refractivity contribution in [2.24, 2.45) is 0 Å². The molecule has 0 aliphatic carbocycles. The summed E-state index contributed by atoms with van der Waals surface area (Å²) in [6.45, 7) is 1.55. The number of nitro groups is 1. The molecule has 5 nitrogen and oxygen atoms in total. The van der Waals surface area contributed by atoms with Gasteiger partial charge in [0.25, 0.3) is 5.69 Å². The van der Waals surface area contributed by atoms with Crippen molar-refractivity contribution in [3.05, 3.63) is 142 Å². The summed E-state index contributed by atoms with van der Waals surface area (Å²) in [6, 6.07) is 37.0. The molecule has 0 spiro atoms. The van der Waals surface area contributed by atoms with E-state index in [4.69, 9.17) is 0 Å². The van der Waals surface area contributed by atoms with Crippen LogP contribution >= 0.6 is 0 Å². The Morgan fingerprint density at radius 1 is 0.794 bits per heavy atom. The minimum Gasteiger partial charge on any atom is -0.363 e. The zero-order valence-electron chi connectivity index (χ0n) is 18.5. The summed E-state index contributed by atoms with van der Waals surface area (Å²) in [5.74, 6) is 0. The molecule has 4 aromatic carbocycles. The lowest BCUT2D eigenvalue weighted by atomic mass is 10.0. The molecule has 0 aromatic heterocycles. The maximum atomic E-state index is 10.9. The van der Waals surface area contributed by atoms with Crippen LogP contribution < -0.4 is 4.90 Å². The Morgan fingerprint density at radius 3 is 1.79 bits per heavy atom. The Labute approximate surface area is 199 Å². The number of nitrogens with zero attached hydrogens (tertiary/aromatic N) is 3. The fourth-order valence-electron chi connectivity index (χ4n) is 3.74. The topological polar surface area (TPSA) is 70.2 Å². The standard InChI is InChI=1S/C29H23N3O2/c30-20-27(26-13-17-29(18-14-26)32(33)34)19-23-11-15-28(16-12-23)31(21-24-7-3-1-4-8-24)22-25-9-5-2-6-10-25/h1-19H,21-22H2/b27-19+. The lowest BCUT2D eigenvalue weighted by molar-refractivity contribution is -0.384. The van der Waals surface area contributed by atoms with Gasteiger partial charge in [0.05, 0.1) is 16.6 Å². The van der Waals surface area contributed by atoms with E-state index in [1.165, 1.54) is 23.3 Å². The first-order valence-corrected chi connectivity index (χ1v) is 10.9. The van der Waals surface area contributed by atoms with Gasteiger partial charge in [-0.2, -0.15) is 5.26 Å². The van der Waals surface area contributed by atoms with Gasteiger partial charge in [-0.1, -0.05) is 72.8 Å². The highest BCUT2D eigenvalue weighted by molar-refractivity contribution is 5.89. The highest BCUT2D eigenvalue weighted by Gasteiger charge is 2.10. The number of nitro benzene ring substituents is 1. The fourth-order valence-corrected chi connectivity index (χ4v) is 3.74. The molecule has 166 valence electrons. The highest BCUT2D eigenvalue weighted by Crippen LogP contribution is 2.24. The summed E-state index contributed by atoms with van der Waals surface area (Å²) in [7, 11) is 0. The van der Waals surface area contributed by atoms with Crippen molar-refractivity contribution in [1.29, 1.82) is 5.26 Å². The van der Waals surface area contributed by atoms with E-state index < -0.39 is 4.92 Å². The number of rotatable bonds is 8. The summed E-state index contributed by atoms with van der Waals surface area (Å²) in [6.07, 6.45) is 1.80. The van der Waals surface area contributed by atoms with Crippen LogP contribution in [0.4, 0.5) is 11.4 Å². The molecule has 34 heavy (non-hydrogen) atoms. The van der Waals surface area contributed by atoms with Crippen LogP contribution in [0.2, 0.25) is 0 Å². The molecule has 0 unspecified atom stereocenters. The molecular weight excluding hydrogens is 422 g/mol. The van der Waals surface area contributed by atoms with E-state index in [0.717, 1.165) is 24.3 Å². The van der Waals surface area contributed by atoms with Crippen molar-refractivity contribution in [3.63, 3.8) is 0 Å². The quantitative estimate of drug-likeness (QED) is 0.128. The maximum Gasteiger partial charge on any atom is 0.269 e. The average Bonchev–Trinajstić information content (AvgIpc) is 2.88. The van der Waals surface area contributed by atoms with Gasteiger partial charge in [-0.15, -0.1) is 0 Å². The molecule has 5 heteroatoms. The second-order valence-electron chi connectivity index (χ2n) is 7.89. The van der Waals surface area contributed by atoms with Gasteiger partial charge in [0.15, 0.2) is 0 Å². The number of hydrogen-bond donors (Lipinski definition) is 0. The third-order valence-electron chi connectivity index (χ3n) is 5.51. The third-order valence-corrected chi connectivity index (χ3v) is 5.51.